The van der Waals surface area contributed by atoms with E-state index in [-0.39, 0.29) is 0 Å². The third-order valence-electron chi connectivity index (χ3n) is 3.82. The Morgan fingerprint density at radius 3 is 2.35 bits per heavy atom. The first kappa shape index (κ1) is 12.8. The van der Waals surface area contributed by atoms with E-state index in [0.29, 0.717) is 0 Å². The Balaban J connectivity index is 1.77. The molecule has 1 aromatic carbocycles. The molecule has 0 atom stereocenters. The Morgan fingerprint density at radius 2 is 1.76 bits per heavy atom. The van der Waals surface area contributed by atoms with Gasteiger partial charge in [-0.15, -0.1) is 11.8 Å². The van der Waals surface area contributed by atoms with Crippen LogP contribution in [0.3, 0.4) is 0 Å². The lowest BCUT2D eigenvalue weighted by atomic mass is 9.83. The first-order valence-electron chi connectivity index (χ1n) is 6.66. The van der Waals surface area contributed by atoms with Crippen LogP contribution in [0.25, 0.3) is 0 Å². The van der Waals surface area contributed by atoms with Gasteiger partial charge in [-0.3, -0.25) is 0 Å². The molecule has 0 spiro atoms. The van der Waals surface area contributed by atoms with E-state index >= 15 is 0 Å². The predicted octanol–water partition coefficient (Wildman–Crippen LogP) is 4.65. The molecule has 1 fully saturated rings. The van der Waals surface area contributed by atoms with Crippen LogP contribution in [0, 0.1) is 11.8 Å². The highest BCUT2D eigenvalue weighted by atomic mass is 32.2. The fourth-order valence-corrected chi connectivity index (χ4v) is 2.91. The zero-order valence-electron chi connectivity index (χ0n) is 10.9. The van der Waals surface area contributed by atoms with Gasteiger partial charge in [0.15, 0.2) is 0 Å². The van der Waals surface area contributed by atoms with Gasteiger partial charge in [-0.25, -0.2) is 0 Å². The van der Waals surface area contributed by atoms with Crippen LogP contribution in [0.5, 0.6) is 0 Å². The molecule has 1 saturated carbocycles. The predicted molar refractivity (Wildman–Crippen MR) is 77.8 cm³/mol. The van der Waals surface area contributed by atoms with E-state index in [0.717, 1.165) is 18.4 Å². The molecule has 1 N–H and O–H groups in total. The average Bonchev–Trinajstić information content (AvgIpc) is 2.39. The Kier molecular flexibility index (Phi) is 4.78. The van der Waals surface area contributed by atoms with Crippen LogP contribution in [-0.4, -0.2) is 12.8 Å². The van der Waals surface area contributed by atoms with Gasteiger partial charge < -0.3 is 5.32 Å². The second-order valence-corrected chi connectivity index (χ2v) is 6.11. The summed E-state index contributed by atoms with van der Waals surface area (Å²) in [4.78, 5) is 1.34. The highest BCUT2D eigenvalue weighted by Gasteiger charge is 2.17. The quantitative estimate of drug-likeness (QED) is 0.780. The van der Waals surface area contributed by atoms with Gasteiger partial charge in [0.2, 0.25) is 0 Å². The van der Waals surface area contributed by atoms with E-state index in [1.54, 1.807) is 11.8 Å². The lowest BCUT2D eigenvalue weighted by Gasteiger charge is -2.26. The van der Waals surface area contributed by atoms with Crippen LogP contribution in [0.1, 0.15) is 32.6 Å². The van der Waals surface area contributed by atoms with Gasteiger partial charge in [0.25, 0.3) is 0 Å². The molecule has 2 rings (SSSR count). The standard InChI is InChI=1S/C15H23NS/c1-12-3-5-13(6-4-12)11-16-14-7-9-15(17-2)10-8-14/h7-10,12-13,16H,3-6,11H2,1-2H3. The maximum atomic E-state index is 3.57. The summed E-state index contributed by atoms with van der Waals surface area (Å²) < 4.78 is 0. The van der Waals surface area contributed by atoms with Gasteiger partial charge in [0.05, 0.1) is 0 Å². The molecule has 1 aromatic rings. The molecule has 1 aliphatic rings. The Hall–Kier alpha value is -0.630. The average molecular weight is 249 g/mol. The molecule has 0 heterocycles. The number of thioether (sulfide) groups is 1. The Morgan fingerprint density at radius 1 is 1.12 bits per heavy atom. The Bertz CT molecular complexity index is 325. The van der Waals surface area contributed by atoms with Crippen LogP contribution in [0.15, 0.2) is 29.2 Å². The topological polar surface area (TPSA) is 12.0 Å². The van der Waals surface area contributed by atoms with Crippen molar-refractivity contribution in [1.82, 2.24) is 0 Å². The molecule has 0 saturated heterocycles. The highest BCUT2D eigenvalue weighted by molar-refractivity contribution is 7.98. The molecule has 94 valence electrons. The largest absolute Gasteiger partial charge is 0.385 e. The van der Waals surface area contributed by atoms with E-state index in [1.165, 1.54) is 36.3 Å². The fourth-order valence-electron chi connectivity index (χ4n) is 2.50. The molecule has 0 aromatic heterocycles. The molecular weight excluding hydrogens is 226 g/mol. The first-order valence-corrected chi connectivity index (χ1v) is 7.88. The summed E-state index contributed by atoms with van der Waals surface area (Å²) in [5, 5.41) is 3.57. The highest BCUT2D eigenvalue weighted by Crippen LogP contribution is 2.28. The normalized spacial score (nSPS) is 24.6. The van der Waals surface area contributed by atoms with Crippen molar-refractivity contribution in [3.8, 4) is 0 Å². The first-order chi connectivity index (χ1) is 8.28. The van der Waals surface area contributed by atoms with Crippen molar-refractivity contribution in [1.29, 1.82) is 0 Å². The smallest absolute Gasteiger partial charge is 0.0341 e. The fraction of sp³-hybridized carbons (Fsp3) is 0.600. The maximum absolute atomic E-state index is 3.57. The summed E-state index contributed by atoms with van der Waals surface area (Å²) >= 11 is 1.80. The third kappa shape index (κ3) is 3.95. The van der Waals surface area contributed by atoms with Crippen molar-refractivity contribution in [3.63, 3.8) is 0 Å². The second kappa shape index (κ2) is 6.34. The van der Waals surface area contributed by atoms with E-state index in [9.17, 15) is 0 Å². The van der Waals surface area contributed by atoms with Gasteiger partial charge in [0.1, 0.15) is 0 Å². The van der Waals surface area contributed by atoms with Crippen LogP contribution < -0.4 is 5.32 Å². The molecule has 0 aliphatic heterocycles. The zero-order valence-corrected chi connectivity index (χ0v) is 11.7. The number of nitrogens with one attached hydrogen (secondary N) is 1. The maximum Gasteiger partial charge on any atom is 0.0341 e. The number of hydrogen-bond acceptors (Lipinski definition) is 2. The number of rotatable bonds is 4. The molecular formula is C15H23NS. The van der Waals surface area contributed by atoms with Crippen molar-refractivity contribution in [2.24, 2.45) is 11.8 Å². The van der Waals surface area contributed by atoms with E-state index < -0.39 is 0 Å². The van der Waals surface area contributed by atoms with Crippen LogP contribution in [0.4, 0.5) is 5.69 Å². The Labute approximate surface area is 109 Å². The van der Waals surface area contributed by atoms with Crippen LogP contribution in [0.2, 0.25) is 0 Å². The number of anilines is 1. The second-order valence-electron chi connectivity index (χ2n) is 5.24. The molecule has 0 amide bonds. The van der Waals surface area contributed by atoms with Gasteiger partial charge in [-0.05, 0) is 55.2 Å². The van der Waals surface area contributed by atoms with Gasteiger partial charge >= 0.3 is 0 Å². The molecule has 0 unspecified atom stereocenters. The van der Waals surface area contributed by atoms with Crippen molar-refractivity contribution in [3.05, 3.63) is 24.3 Å². The lowest BCUT2D eigenvalue weighted by Crippen LogP contribution is -2.20. The summed E-state index contributed by atoms with van der Waals surface area (Å²) in [6.45, 7) is 3.52. The molecule has 1 nitrogen and oxygen atoms in total. The molecule has 1 aliphatic carbocycles. The van der Waals surface area contributed by atoms with E-state index in [4.69, 9.17) is 0 Å². The van der Waals surface area contributed by atoms with Crippen molar-refractivity contribution < 1.29 is 0 Å². The monoisotopic (exact) mass is 249 g/mol. The number of hydrogen-bond donors (Lipinski definition) is 1. The van der Waals surface area contributed by atoms with Crippen LogP contribution >= 0.6 is 11.8 Å². The van der Waals surface area contributed by atoms with Crippen molar-refractivity contribution in [2.75, 3.05) is 18.1 Å². The number of benzene rings is 1. The third-order valence-corrected chi connectivity index (χ3v) is 4.56. The minimum absolute atomic E-state index is 0.881. The van der Waals surface area contributed by atoms with Gasteiger partial charge in [-0.2, -0.15) is 0 Å². The molecule has 0 radical (unpaired) electrons. The van der Waals surface area contributed by atoms with Gasteiger partial charge in [-0.1, -0.05) is 19.8 Å². The SMILES string of the molecule is CSc1ccc(NCC2CCC(C)CC2)cc1. The minimum Gasteiger partial charge on any atom is -0.385 e. The summed E-state index contributed by atoms with van der Waals surface area (Å²) in [5.41, 5.74) is 1.27. The van der Waals surface area contributed by atoms with Crippen LogP contribution in [-0.2, 0) is 0 Å². The zero-order chi connectivity index (χ0) is 12.1. The van der Waals surface area contributed by atoms with Gasteiger partial charge in [0, 0.05) is 17.1 Å². The molecule has 0 bridgehead atoms. The van der Waals surface area contributed by atoms with E-state index in [1.807, 2.05) is 0 Å². The molecule has 2 heteroatoms. The molecule has 17 heavy (non-hydrogen) atoms. The van der Waals surface area contributed by atoms with Crippen molar-refractivity contribution >= 4 is 17.4 Å². The van der Waals surface area contributed by atoms with Crippen molar-refractivity contribution in [2.45, 2.75) is 37.5 Å². The summed E-state index contributed by atoms with van der Waals surface area (Å²) in [6.07, 6.45) is 7.75. The summed E-state index contributed by atoms with van der Waals surface area (Å²) in [5.74, 6) is 1.83. The minimum atomic E-state index is 0.881. The summed E-state index contributed by atoms with van der Waals surface area (Å²) in [7, 11) is 0. The summed E-state index contributed by atoms with van der Waals surface area (Å²) in [6, 6.07) is 8.76. The lowest BCUT2D eigenvalue weighted by molar-refractivity contribution is 0.300. The van der Waals surface area contributed by atoms with E-state index in [2.05, 4.69) is 42.8 Å².